The molecule has 0 heterocycles. The molecule has 1 aliphatic carbocycles. The number of aliphatic carboxylic acids is 1. The minimum atomic E-state index is -0.908. The van der Waals surface area contributed by atoms with Crippen LogP contribution in [0.4, 0.5) is 0 Å². The van der Waals surface area contributed by atoms with Gasteiger partial charge >= 0.3 is 5.97 Å². The highest BCUT2D eigenvalue weighted by Gasteiger charge is 2.65. The molecule has 0 radical (unpaired) electrons. The molecule has 3 atom stereocenters. The van der Waals surface area contributed by atoms with Crippen molar-refractivity contribution < 1.29 is 14.7 Å². The highest BCUT2D eigenvalue weighted by atomic mass is 35.5. The summed E-state index contributed by atoms with van der Waals surface area (Å²) < 4.78 is 0. The summed E-state index contributed by atoms with van der Waals surface area (Å²) in [6, 6.07) is 7.05. The quantitative estimate of drug-likeness (QED) is 0.897. The van der Waals surface area contributed by atoms with E-state index in [9.17, 15) is 9.59 Å². The van der Waals surface area contributed by atoms with Crippen LogP contribution < -0.4 is 5.32 Å². The predicted octanol–water partition coefficient (Wildman–Crippen LogP) is 2.87. The first kappa shape index (κ1) is 14.9. The van der Waals surface area contributed by atoms with Gasteiger partial charge < -0.3 is 10.4 Å². The van der Waals surface area contributed by atoms with Gasteiger partial charge in [0.2, 0.25) is 5.91 Å². The van der Waals surface area contributed by atoms with Crippen molar-refractivity contribution in [1.29, 1.82) is 0 Å². The molecule has 0 aliphatic heterocycles. The number of carboxylic acid groups (broad SMARTS) is 1. The van der Waals surface area contributed by atoms with E-state index in [1.807, 2.05) is 32.9 Å². The number of benzene rings is 1. The van der Waals surface area contributed by atoms with Crippen molar-refractivity contribution in [3.05, 3.63) is 34.9 Å². The van der Waals surface area contributed by atoms with E-state index in [0.717, 1.165) is 5.56 Å². The Morgan fingerprint density at radius 3 is 2.25 bits per heavy atom. The van der Waals surface area contributed by atoms with Crippen molar-refractivity contribution in [2.45, 2.75) is 26.8 Å². The number of carbonyl (C=O) groups is 2. The SMILES string of the molecule is CC(NC(=O)[C@H]1[C@@H](C(=O)O)C1(C)C)c1ccc(Cl)cc1. The van der Waals surface area contributed by atoms with Crippen LogP contribution in [0.1, 0.15) is 32.4 Å². The first-order valence-electron chi connectivity index (χ1n) is 6.53. The molecule has 108 valence electrons. The third kappa shape index (κ3) is 2.66. The molecule has 1 unspecified atom stereocenters. The molecule has 4 nitrogen and oxygen atoms in total. The summed E-state index contributed by atoms with van der Waals surface area (Å²) in [4.78, 5) is 23.3. The molecule has 0 saturated heterocycles. The summed E-state index contributed by atoms with van der Waals surface area (Å²) in [5.41, 5.74) is 0.461. The molecule has 2 rings (SSSR count). The van der Waals surface area contributed by atoms with Crippen LogP contribution in [-0.2, 0) is 9.59 Å². The summed E-state index contributed by atoms with van der Waals surface area (Å²) in [6.45, 7) is 5.48. The van der Waals surface area contributed by atoms with Crippen LogP contribution in [0.25, 0.3) is 0 Å². The normalized spacial score (nSPS) is 24.8. The average Bonchev–Trinajstić information content (AvgIpc) is 2.93. The molecular weight excluding hydrogens is 278 g/mol. The second-order valence-corrected chi connectivity index (χ2v) is 6.33. The summed E-state index contributed by atoms with van der Waals surface area (Å²) in [6.07, 6.45) is 0. The number of hydrogen-bond acceptors (Lipinski definition) is 2. The van der Waals surface area contributed by atoms with Crippen molar-refractivity contribution in [1.82, 2.24) is 5.32 Å². The van der Waals surface area contributed by atoms with Gasteiger partial charge in [0.1, 0.15) is 0 Å². The van der Waals surface area contributed by atoms with Crippen LogP contribution in [0.2, 0.25) is 5.02 Å². The monoisotopic (exact) mass is 295 g/mol. The number of carboxylic acids is 1. The lowest BCUT2D eigenvalue weighted by molar-refractivity contribution is -0.140. The predicted molar refractivity (Wildman–Crippen MR) is 76.4 cm³/mol. The molecule has 0 aromatic heterocycles. The van der Waals surface area contributed by atoms with Gasteiger partial charge in [0.05, 0.1) is 17.9 Å². The molecule has 0 spiro atoms. The fourth-order valence-electron chi connectivity index (χ4n) is 2.73. The Bertz CT molecular complexity index is 539. The zero-order valence-electron chi connectivity index (χ0n) is 11.7. The van der Waals surface area contributed by atoms with E-state index in [1.54, 1.807) is 12.1 Å². The van der Waals surface area contributed by atoms with Gasteiger partial charge in [-0.25, -0.2) is 0 Å². The molecule has 5 heteroatoms. The zero-order chi connectivity index (χ0) is 15.1. The minimum Gasteiger partial charge on any atom is -0.481 e. The van der Waals surface area contributed by atoms with E-state index in [4.69, 9.17) is 16.7 Å². The van der Waals surface area contributed by atoms with E-state index in [2.05, 4.69) is 5.32 Å². The van der Waals surface area contributed by atoms with Crippen LogP contribution >= 0.6 is 11.6 Å². The van der Waals surface area contributed by atoms with E-state index >= 15 is 0 Å². The molecule has 2 N–H and O–H groups in total. The molecule has 1 fully saturated rings. The molecule has 1 aromatic rings. The van der Waals surface area contributed by atoms with Gasteiger partial charge in [-0.1, -0.05) is 37.6 Å². The molecule has 1 aliphatic rings. The van der Waals surface area contributed by atoms with Crippen LogP contribution in [0.3, 0.4) is 0 Å². The Hall–Kier alpha value is -1.55. The topological polar surface area (TPSA) is 66.4 Å². The Balaban J connectivity index is 2.02. The van der Waals surface area contributed by atoms with Gasteiger partial charge in [0.25, 0.3) is 0 Å². The van der Waals surface area contributed by atoms with Crippen LogP contribution in [0.5, 0.6) is 0 Å². The van der Waals surface area contributed by atoms with Crippen molar-refractivity contribution in [3.8, 4) is 0 Å². The summed E-state index contributed by atoms with van der Waals surface area (Å²) >= 11 is 5.82. The minimum absolute atomic E-state index is 0.175. The van der Waals surface area contributed by atoms with Crippen LogP contribution in [0.15, 0.2) is 24.3 Å². The lowest BCUT2D eigenvalue weighted by Crippen LogP contribution is -2.29. The van der Waals surface area contributed by atoms with Gasteiger partial charge in [-0.05, 0) is 30.0 Å². The summed E-state index contributed by atoms with van der Waals surface area (Å²) in [7, 11) is 0. The van der Waals surface area contributed by atoms with Crippen molar-refractivity contribution in [2.75, 3.05) is 0 Å². The van der Waals surface area contributed by atoms with E-state index in [-0.39, 0.29) is 11.9 Å². The van der Waals surface area contributed by atoms with Gasteiger partial charge in [-0.15, -0.1) is 0 Å². The lowest BCUT2D eigenvalue weighted by Gasteiger charge is -2.15. The summed E-state index contributed by atoms with van der Waals surface area (Å²) in [5.74, 6) is -2.17. The maximum atomic E-state index is 12.2. The molecule has 20 heavy (non-hydrogen) atoms. The van der Waals surface area contributed by atoms with E-state index in [0.29, 0.717) is 5.02 Å². The molecule has 1 saturated carbocycles. The van der Waals surface area contributed by atoms with Gasteiger partial charge in [-0.2, -0.15) is 0 Å². The zero-order valence-corrected chi connectivity index (χ0v) is 12.4. The Morgan fingerprint density at radius 2 is 1.80 bits per heavy atom. The van der Waals surface area contributed by atoms with Gasteiger partial charge in [0, 0.05) is 5.02 Å². The van der Waals surface area contributed by atoms with E-state index < -0.39 is 23.2 Å². The third-order valence-electron chi connectivity index (χ3n) is 4.10. The fourth-order valence-corrected chi connectivity index (χ4v) is 2.85. The highest BCUT2D eigenvalue weighted by Crippen LogP contribution is 2.58. The lowest BCUT2D eigenvalue weighted by atomic mass is 10.1. The van der Waals surface area contributed by atoms with E-state index in [1.165, 1.54) is 0 Å². The number of nitrogens with one attached hydrogen (secondary N) is 1. The van der Waals surface area contributed by atoms with Gasteiger partial charge in [-0.3, -0.25) is 9.59 Å². The standard InChI is InChI=1S/C15H18ClNO3/c1-8(9-4-6-10(16)7-5-9)17-13(18)11-12(14(19)20)15(11,2)3/h4-8,11-12H,1-3H3,(H,17,18)(H,19,20)/t8?,11-,12+/m1/s1. The molecule has 1 aromatic carbocycles. The first-order chi connectivity index (χ1) is 9.25. The molecule has 0 bridgehead atoms. The third-order valence-corrected chi connectivity index (χ3v) is 4.36. The number of hydrogen-bond donors (Lipinski definition) is 2. The maximum Gasteiger partial charge on any atom is 0.307 e. The number of amides is 1. The van der Waals surface area contributed by atoms with Crippen molar-refractivity contribution in [2.24, 2.45) is 17.3 Å². The maximum absolute atomic E-state index is 12.2. The largest absolute Gasteiger partial charge is 0.481 e. The van der Waals surface area contributed by atoms with Crippen molar-refractivity contribution in [3.63, 3.8) is 0 Å². The highest BCUT2D eigenvalue weighted by molar-refractivity contribution is 6.30. The first-order valence-corrected chi connectivity index (χ1v) is 6.91. The molecular formula is C15H18ClNO3. The number of carbonyl (C=O) groups excluding carboxylic acids is 1. The smallest absolute Gasteiger partial charge is 0.307 e. The number of rotatable bonds is 4. The van der Waals surface area contributed by atoms with Crippen molar-refractivity contribution >= 4 is 23.5 Å². The second-order valence-electron chi connectivity index (χ2n) is 5.90. The fraction of sp³-hybridized carbons (Fsp3) is 0.467. The Kier molecular flexibility index (Phi) is 3.78. The summed E-state index contributed by atoms with van der Waals surface area (Å²) in [5, 5.41) is 12.6. The molecule has 1 amide bonds. The van der Waals surface area contributed by atoms with Crippen LogP contribution in [-0.4, -0.2) is 17.0 Å². The average molecular weight is 296 g/mol. The second kappa shape index (κ2) is 5.09. The van der Waals surface area contributed by atoms with Gasteiger partial charge in [0.15, 0.2) is 0 Å². The Morgan fingerprint density at radius 1 is 1.25 bits per heavy atom. The van der Waals surface area contributed by atoms with Crippen LogP contribution in [0, 0.1) is 17.3 Å². The Labute approximate surface area is 123 Å². The number of halogens is 1.